The van der Waals surface area contributed by atoms with Gasteiger partial charge in [-0.05, 0) is 59.5 Å². The van der Waals surface area contributed by atoms with E-state index in [0.29, 0.717) is 30.6 Å². The second-order valence-corrected chi connectivity index (χ2v) is 6.61. The van der Waals surface area contributed by atoms with Crippen molar-refractivity contribution in [3.63, 3.8) is 0 Å². The van der Waals surface area contributed by atoms with Crippen LogP contribution < -0.4 is 9.47 Å². The van der Waals surface area contributed by atoms with Crippen LogP contribution in [0, 0.1) is 12.7 Å². The van der Waals surface area contributed by atoms with Gasteiger partial charge >= 0.3 is 0 Å². The summed E-state index contributed by atoms with van der Waals surface area (Å²) in [4.78, 5) is 10.9. The molecule has 0 bridgehead atoms. The van der Waals surface area contributed by atoms with Crippen LogP contribution in [0.2, 0.25) is 0 Å². The average Bonchev–Trinajstić information content (AvgIpc) is 2.73. The number of benzene rings is 3. The summed E-state index contributed by atoms with van der Waals surface area (Å²) in [5.74, 6) is 1.15. The summed E-state index contributed by atoms with van der Waals surface area (Å²) in [5, 5.41) is 0. The summed E-state index contributed by atoms with van der Waals surface area (Å²) in [5.41, 5.74) is 4.98. The van der Waals surface area contributed by atoms with Crippen LogP contribution in [0.1, 0.15) is 27.0 Å². The van der Waals surface area contributed by atoms with Crippen molar-refractivity contribution in [2.24, 2.45) is 0 Å². The molecule has 3 aromatic rings. The summed E-state index contributed by atoms with van der Waals surface area (Å²) in [6.07, 6.45) is 4.27. The Kier molecular flexibility index (Phi) is 4.94. The molecule has 0 atom stereocenters. The van der Waals surface area contributed by atoms with Gasteiger partial charge in [0.05, 0.1) is 0 Å². The Labute approximate surface area is 163 Å². The number of halogens is 1. The van der Waals surface area contributed by atoms with E-state index in [0.717, 1.165) is 33.8 Å². The predicted molar refractivity (Wildman–Crippen MR) is 108 cm³/mol. The van der Waals surface area contributed by atoms with Gasteiger partial charge in [-0.1, -0.05) is 36.4 Å². The number of rotatable bonds is 4. The van der Waals surface area contributed by atoms with Crippen LogP contribution in [0.25, 0.3) is 23.3 Å². The zero-order valence-electron chi connectivity index (χ0n) is 15.4. The van der Waals surface area contributed by atoms with Crippen molar-refractivity contribution >= 4 is 18.4 Å². The molecule has 3 nitrogen and oxygen atoms in total. The third kappa shape index (κ3) is 3.54. The molecule has 0 aliphatic carbocycles. The SMILES string of the molecule is Cc1c(/C=C/c2cc(C=O)ccc2F)cccc1-c1ccc2c(c1)OCCO2. The van der Waals surface area contributed by atoms with Gasteiger partial charge < -0.3 is 9.47 Å². The molecule has 0 saturated carbocycles. The lowest BCUT2D eigenvalue weighted by atomic mass is 9.95. The van der Waals surface area contributed by atoms with Crippen LogP contribution in [-0.4, -0.2) is 19.5 Å². The maximum atomic E-state index is 14.0. The molecule has 4 rings (SSSR count). The second kappa shape index (κ2) is 7.69. The number of carbonyl (C=O) groups excluding carboxylic acids is 1. The highest BCUT2D eigenvalue weighted by Crippen LogP contribution is 2.36. The topological polar surface area (TPSA) is 35.5 Å². The van der Waals surface area contributed by atoms with Gasteiger partial charge in [0.2, 0.25) is 0 Å². The minimum atomic E-state index is -0.359. The highest BCUT2D eigenvalue weighted by molar-refractivity contribution is 5.81. The van der Waals surface area contributed by atoms with Crippen molar-refractivity contribution in [3.05, 3.63) is 82.7 Å². The molecule has 1 aliphatic rings. The van der Waals surface area contributed by atoms with E-state index in [9.17, 15) is 9.18 Å². The predicted octanol–water partition coefficient (Wildman–Crippen LogP) is 5.56. The first kappa shape index (κ1) is 18.0. The molecule has 1 aliphatic heterocycles. The first-order valence-corrected chi connectivity index (χ1v) is 9.08. The third-order valence-electron chi connectivity index (χ3n) is 4.83. The summed E-state index contributed by atoms with van der Waals surface area (Å²) in [6.45, 7) is 3.14. The van der Waals surface area contributed by atoms with Gasteiger partial charge in [-0.3, -0.25) is 4.79 Å². The van der Waals surface area contributed by atoms with E-state index >= 15 is 0 Å². The van der Waals surface area contributed by atoms with E-state index in [2.05, 4.69) is 0 Å². The number of carbonyl (C=O) groups is 1. The van der Waals surface area contributed by atoms with Gasteiger partial charge in [0.25, 0.3) is 0 Å². The highest BCUT2D eigenvalue weighted by atomic mass is 19.1. The zero-order valence-corrected chi connectivity index (χ0v) is 15.4. The van der Waals surface area contributed by atoms with Crippen LogP contribution in [0.15, 0.2) is 54.6 Å². The third-order valence-corrected chi connectivity index (χ3v) is 4.83. The molecule has 0 amide bonds. The van der Waals surface area contributed by atoms with E-state index in [4.69, 9.17) is 9.47 Å². The fourth-order valence-corrected chi connectivity index (χ4v) is 3.30. The zero-order chi connectivity index (χ0) is 19.5. The van der Waals surface area contributed by atoms with Crippen molar-refractivity contribution in [3.8, 4) is 22.6 Å². The molecular formula is C24H19FO3. The molecule has 1 heterocycles. The lowest BCUT2D eigenvalue weighted by molar-refractivity contribution is 0.112. The van der Waals surface area contributed by atoms with Crippen LogP contribution in [0.4, 0.5) is 4.39 Å². The summed E-state index contributed by atoms with van der Waals surface area (Å²) in [6, 6.07) is 16.2. The standard InChI is InChI=1S/C24H19FO3/c1-16-18(6-7-20-13-17(15-26)5-9-22(20)25)3-2-4-21(16)19-8-10-23-24(14-19)28-12-11-27-23/h2-10,13-15H,11-12H2,1H3/b7-6+. The van der Waals surface area contributed by atoms with E-state index in [-0.39, 0.29) is 5.82 Å². The monoisotopic (exact) mass is 374 g/mol. The molecule has 3 aromatic carbocycles. The van der Waals surface area contributed by atoms with E-state index in [1.165, 1.54) is 12.1 Å². The van der Waals surface area contributed by atoms with Crippen molar-refractivity contribution < 1.29 is 18.7 Å². The molecular weight excluding hydrogens is 355 g/mol. The minimum Gasteiger partial charge on any atom is -0.486 e. The fourth-order valence-electron chi connectivity index (χ4n) is 3.30. The minimum absolute atomic E-state index is 0.359. The number of hydrogen-bond donors (Lipinski definition) is 0. The van der Waals surface area contributed by atoms with Crippen molar-refractivity contribution in [1.29, 1.82) is 0 Å². The quantitative estimate of drug-likeness (QED) is 0.443. The molecule has 0 spiro atoms. The van der Waals surface area contributed by atoms with Crippen LogP contribution >= 0.6 is 0 Å². The molecule has 0 aromatic heterocycles. The van der Waals surface area contributed by atoms with Crippen molar-refractivity contribution in [2.75, 3.05) is 13.2 Å². The highest BCUT2D eigenvalue weighted by Gasteiger charge is 2.13. The molecule has 0 saturated heterocycles. The van der Waals surface area contributed by atoms with Gasteiger partial charge in [0, 0.05) is 11.1 Å². The Morgan fingerprint density at radius 2 is 1.68 bits per heavy atom. The first-order chi connectivity index (χ1) is 13.7. The lowest BCUT2D eigenvalue weighted by Crippen LogP contribution is -2.15. The number of aldehydes is 1. The van der Waals surface area contributed by atoms with Crippen LogP contribution in [0.5, 0.6) is 11.5 Å². The molecule has 0 unspecified atom stereocenters. The maximum absolute atomic E-state index is 14.0. The average molecular weight is 374 g/mol. The Hall–Kier alpha value is -3.40. The second-order valence-electron chi connectivity index (χ2n) is 6.61. The fraction of sp³-hybridized carbons (Fsp3) is 0.125. The Bertz CT molecular complexity index is 1070. The van der Waals surface area contributed by atoms with Crippen LogP contribution in [0.3, 0.4) is 0 Å². The van der Waals surface area contributed by atoms with E-state index in [1.54, 1.807) is 12.1 Å². The normalized spacial score (nSPS) is 12.9. The lowest BCUT2D eigenvalue weighted by Gasteiger charge is -2.19. The molecule has 28 heavy (non-hydrogen) atoms. The Morgan fingerprint density at radius 1 is 0.893 bits per heavy atom. The van der Waals surface area contributed by atoms with Gasteiger partial charge in [-0.2, -0.15) is 0 Å². The summed E-state index contributed by atoms with van der Waals surface area (Å²) in [7, 11) is 0. The first-order valence-electron chi connectivity index (χ1n) is 9.08. The van der Waals surface area contributed by atoms with Gasteiger partial charge in [0.15, 0.2) is 11.5 Å². The Morgan fingerprint density at radius 3 is 2.50 bits per heavy atom. The largest absolute Gasteiger partial charge is 0.486 e. The van der Waals surface area contributed by atoms with Gasteiger partial charge in [-0.15, -0.1) is 0 Å². The number of fused-ring (bicyclic) bond motifs is 1. The summed E-state index contributed by atoms with van der Waals surface area (Å²) < 4.78 is 25.3. The van der Waals surface area contributed by atoms with Crippen molar-refractivity contribution in [2.45, 2.75) is 6.92 Å². The van der Waals surface area contributed by atoms with Gasteiger partial charge in [0.1, 0.15) is 25.3 Å². The Balaban J connectivity index is 1.69. The smallest absolute Gasteiger partial charge is 0.161 e. The number of ether oxygens (including phenoxy) is 2. The van der Waals surface area contributed by atoms with Gasteiger partial charge in [-0.25, -0.2) is 4.39 Å². The molecule has 0 fully saturated rings. The molecule has 0 radical (unpaired) electrons. The van der Waals surface area contributed by atoms with E-state index < -0.39 is 0 Å². The van der Waals surface area contributed by atoms with Crippen molar-refractivity contribution in [1.82, 2.24) is 0 Å². The molecule has 140 valence electrons. The summed E-state index contributed by atoms with van der Waals surface area (Å²) >= 11 is 0. The number of hydrogen-bond acceptors (Lipinski definition) is 3. The van der Waals surface area contributed by atoms with Crippen LogP contribution in [-0.2, 0) is 0 Å². The molecule has 0 N–H and O–H groups in total. The maximum Gasteiger partial charge on any atom is 0.161 e. The molecule has 4 heteroatoms. The van der Waals surface area contributed by atoms with E-state index in [1.807, 2.05) is 49.4 Å².